The number of aryl methyl sites for hydroxylation is 1. The van der Waals surface area contributed by atoms with Crippen LogP contribution in [0.15, 0.2) is 50.2 Å². The van der Waals surface area contributed by atoms with E-state index in [0.717, 1.165) is 11.1 Å². The van der Waals surface area contributed by atoms with Gasteiger partial charge in [-0.25, -0.2) is 13.1 Å². The van der Waals surface area contributed by atoms with Crippen LogP contribution in [0.3, 0.4) is 0 Å². The molecule has 0 aliphatic rings. The highest BCUT2D eigenvalue weighted by atomic mass is 79.9. The summed E-state index contributed by atoms with van der Waals surface area (Å²) in [5.41, 5.74) is 7.98. The lowest BCUT2D eigenvalue weighted by Gasteiger charge is -2.12. The van der Waals surface area contributed by atoms with Crippen LogP contribution in [0.2, 0.25) is 0 Å². The van der Waals surface area contributed by atoms with Crippen LogP contribution in [-0.4, -0.2) is 8.42 Å². The second kappa shape index (κ2) is 6.48. The summed E-state index contributed by atoms with van der Waals surface area (Å²) in [7, 11) is -3.69. The summed E-state index contributed by atoms with van der Waals surface area (Å²) in [6.07, 6.45) is 0. The third kappa shape index (κ3) is 4.06. The Hall–Kier alpha value is -0.890. The van der Waals surface area contributed by atoms with E-state index in [4.69, 9.17) is 5.73 Å². The second-order valence-electron chi connectivity index (χ2n) is 4.62. The van der Waals surface area contributed by atoms with Gasteiger partial charge in [0.1, 0.15) is 4.90 Å². The third-order valence-corrected chi connectivity index (χ3v) is 5.72. The molecule has 21 heavy (non-hydrogen) atoms. The summed E-state index contributed by atoms with van der Waals surface area (Å²) in [5, 5.41) is 0. The molecular weight excluding hydrogens is 420 g/mol. The molecule has 0 radical (unpaired) electrons. The van der Waals surface area contributed by atoms with E-state index in [0.29, 0.717) is 8.95 Å². The highest BCUT2D eigenvalue weighted by molar-refractivity contribution is 9.11. The summed E-state index contributed by atoms with van der Waals surface area (Å²) in [4.78, 5) is 0.0540. The standard InChI is InChI=1S/C14H14Br2N2O2S/c1-9-3-2-4-10(5-9)8-18-21(19,20)14-12(16)6-11(15)7-13(14)17/h2-7,18H,8,17H2,1H3. The molecule has 112 valence electrons. The van der Waals surface area contributed by atoms with Gasteiger partial charge in [-0.2, -0.15) is 0 Å². The zero-order valence-electron chi connectivity index (χ0n) is 11.2. The molecule has 0 saturated carbocycles. The molecule has 4 nitrogen and oxygen atoms in total. The largest absolute Gasteiger partial charge is 0.398 e. The molecule has 0 saturated heterocycles. The van der Waals surface area contributed by atoms with Crippen molar-refractivity contribution in [1.82, 2.24) is 4.72 Å². The highest BCUT2D eigenvalue weighted by Gasteiger charge is 2.21. The van der Waals surface area contributed by atoms with E-state index in [1.165, 1.54) is 0 Å². The summed E-state index contributed by atoms with van der Waals surface area (Å²) in [6, 6.07) is 10.9. The fourth-order valence-corrected chi connectivity index (χ4v) is 5.02. The lowest BCUT2D eigenvalue weighted by molar-refractivity contribution is 0.581. The van der Waals surface area contributed by atoms with Crippen molar-refractivity contribution in [2.45, 2.75) is 18.4 Å². The molecule has 0 atom stereocenters. The fourth-order valence-electron chi connectivity index (χ4n) is 1.94. The lowest BCUT2D eigenvalue weighted by atomic mass is 10.1. The summed E-state index contributed by atoms with van der Waals surface area (Å²) < 4.78 is 28.5. The number of benzene rings is 2. The van der Waals surface area contributed by atoms with Gasteiger partial charge in [0.05, 0.1) is 5.69 Å². The summed E-state index contributed by atoms with van der Waals surface area (Å²) in [6.45, 7) is 2.17. The van der Waals surface area contributed by atoms with Gasteiger partial charge in [-0.1, -0.05) is 45.8 Å². The van der Waals surface area contributed by atoms with Crippen LogP contribution in [0.25, 0.3) is 0 Å². The first kappa shape index (κ1) is 16.5. The van der Waals surface area contributed by atoms with Crippen LogP contribution in [-0.2, 0) is 16.6 Å². The summed E-state index contributed by atoms with van der Waals surface area (Å²) >= 11 is 6.51. The predicted octanol–water partition coefficient (Wildman–Crippen LogP) is 3.58. The maximum absolute atomic E-state index is 12.4. The van der Waals surface area contributed by atoms with E-state index in [-0.39, 0.29) is 17.1 Å². The van der Waals surface area contributed by atoms with Gasteiger partial charge in [0, 0.05) is 15.5 Å². The number of sulfonamides is 1. The van der Waals surface area contributed by atoms with Crippen LogP contribution in [0.1, 0.15) is 11.1 Å². The van der Waals surface area contributed by atoms with Gasteiger partial charge in [-0.3, -0.25) is 0 Å². The Balaban J connectivity index is 2.27. The molecule has 2 aromatic carbocycles. The Kier molecular flexibility index (Phi) is 5.08. The molecule has 7 heteroatoms. The highest BCUT2D eigenvalue weighted by Crippen LogP contribution is 2.31. The van der Waals surface area contributed by atoms with Gasteiger partial charge in [-0.05, 0) is 40.5 Å². The average Bonchev–Trinajstić information content (AvgIpc) is 2.35. The molecule has 0 bridgehead atoms. The van der Waals surface area contributed by atoms with Crippen LogP contribution in [0, 0.1) is 6.92 Å². The quantitative estimate of drug-likeness (QED) is 0.723. The maximum atomic E-state index is 12.4. The first-order valence-corrected chi connectivity index (χ1v) is 9.16. The number of hydrogen-bond donors (Lipinski definition) is 2. The van der Waals surface area contributed by atoms with Crippen molar-refractivity contribution in [3.8, 4) is 0 Å². The Morgan fingerprint density at radius 3 is 2.52 bits per heavy atom. The molecule has 0 heterocycles. The Morgan fingerprint density at radius 1 is 1.19 bits per heavy atom. The molecule has 2 rings (SSSR count). The van der Waals surface area contributed by atoms with Crippen LogP contribution < -0.4 is 10.5 Å². The number of anilines is 1. The Morgan fingerprint density at radius 2 is 1.90 bits per heavy atom. The van der Waals surface area contributed by atoms with E-state index >= 15 is 0 Å². The molecule has 0 unspecified atom stereocenters. The topological polar surface area (TPSA) is 72.2 Å². The number of nitrogens with two attached hydrogens (primary N) is 1. The molecule has 0 aliphatic carbocycles. The van der Waals surface area contributed by atoms with E-state index < -0.39 is 10.0 Å². The van der Waals surface area contributed by atoms with Crippen molar-refractivity contribution >= 4 is 47.6 Å². The second-order valence-corrected chi connectivity index (χ2v) is 8.09. The lowest BCUT2D eigenvalue weighted by Crippen LogP contribution is -2.24. The van der Waals surface area contributed by atoms with Crippen LogP contribution in [0.4, 0.5) is 5.69 Å². The molecule has 2 aromatic rings. The number of rotatable bonds is 4. The number of halogens is 2. The zero-order chi connectivity index (χ0) is 15.6. The van der Waals surface area contributed by atoms with Gasteiger partial charge < -0.3 is 5.73 Å². The molecule has 0 aromatic heterocycles. The minimum absolute atomic E-state index is 0.0540. The molecule has 0 fully saturated rings. The number of hydrogen-bond acceptors (Lipinski definition) is 3. The van der Waals surface area contributed by atoms with Gasteiger partial charge in [-0.15, -0.1) is 0 Å². The Bertz CT molecular complexity index is 753. The van der Waals surface area contributed by atoms with Gasteiger partial charge in [0.2, 0.25) is 10.0 Å². The Labute approximate surface area is 141 Å². The van der Waals surface area contributed by atoms with Crippen molar-refractivity contribution in [2.24, 2.45) is 0 Å². The van der Waals surface area contributed by atoms with E-state index in [9.17, 15) is 8.42 Å². The smallest absolute Gasteiger partial charge is 0.244 e. The van der Waals surface area contributed by atoms with Crippen molar-refractivity contribution < 1.29 is 8.42 Å². The number of nitrogens with one attached hydrogen (secondary N) is 1. The maximum Gasteiger partial charge on any atom is 0.244 e. The molecule has 0 spiro atoms. The zero-order valence-corrected chi connectivity index (χ0v) is 15.2. The van der Waals surface area contributed by atoms with E-state index in [1.54, 1.807) is 12.1 Å². The van der Waals surface area contributed by atoms with E-state index in [2.05, 4.69) is 36.6 Å². The summed E-state index contributed by atoms with van der Waals surface area (Å²) in [5.74, 6) is 0. The van der Waals surface area contributed by atoms with Crippen molar-refractivity contribution in [3.05, 3.63) is 56.5 Å². The molecule has 0 aliphatic heterocycles. The SMILES string of the molecule is Cc1cccc(CNS(=O)(=O)c2c(N)cc(Br)cc2Br)c1. The number of nitrogen functional groups attached to an aromatic ring is 1. The van der Waals surface area contributed by atoms with Gasteiger partial charge in [0.25, 0.3) is 0 Å². The molecular formula is C14H14Br2N2O2S. The molecule has 3 N–H and O–H groups in total. The first-order valence-electron chi connectivity index (χ1n) is 6.09. The van der Waals surface area contributed by atoms with Crippen LogP contribution in [0.5, 0.6) is 0 Å². The minimum Gasteiger partial charge on any atom is -0.398 e. The van der Waals surface area contributed by atoms with Gasteiger partial charge >= 0.3 is 0 Å². The average molecular weight is 434 g/mol. The molecule has 0 amide bonds. The first-order chi connectivity index (χ1) is 9.79. The van der Waals surface area contributed by atoms with Crippen LogP contribution >= 0.6 is 31.9 Å². The van der Waals surface area contributed by atoms with Crippen molar-refractivity contribution in [2.75, 3.05) is 5.73 Å². The normalized spacial score (nSPS) is 11.6. The monoisotopic (exact) mass is 432 g/mol. The van der Waals surface area contributed by atoms with Gasteiger partial charge in [0.15, 0.2) is 0 Å². The predicted molar refractivity (Wildman–Crippen MR) is 91.5 cm³/mol. The fraction of sp³-hybridized carbons (Fsp3) is 0.143. The van der Waals surface area contributed by atoms with Crippen molar-refractivity contribution in [3.63, 3.8) is 0 Å². The third-order valence-electron chi connectivity index (χ3n) is 2.85. The minimum atomic E-state index is -3.69. The van der Waals surface area contributed by atoms with Crippen molar-refractivity contribution in [1.29, 1.82) is 0 Å². The van der Waals surface area contributed by atoms with E-state index in [1.807, 2.05) is 31.2 Å².